The molecule has 112 valence electrons. The topological polar surface area (TPSA) is 67.6 Å². The molecule has 0 aliphatic rings. The maximum Gasteiger partial charge on any atom is 0.265 e. The molecule has 1 aromatic rings. The van der Waals surface area contributed by atoms with Crippen molar-refractivity contribution < 1.29 is 9.53 Å². The molecule has 0 aliphatic heterocycles. The summed E-state index contributed by atoms with van der Waals surface area (Å²) >= 11 is 0. The molecule has 5 heteroatoms. The largest absolute Gasteiger partial charge is 0.492 e. The van der Waals surface area contributed by atoms with Gasteiger partial charge in [0, 0.05) is 18.7 Å². The number of nitrogens with two attached hydrogens (primary N) is 1. The first kappa shape index (κ1) is 16.5. The Bertz CT molecular complexity index is 406. The first-order valence-corrected chi connectivity index (χ1v) is 6.99. The third-order valence-corrected chi connectivity index (χ3v) is 3.31. The van der Waals surface area contributed by atoms with E-state index in [9.17, 15) is 4.79 Å². The summed E-state index contributed by atoms with van der Waals surface area (Å²) in [4.78, 5) is 13.5. The predicted molar refractivity (Wildman–Crippen MR) is 80.5 cm³/mol. The van der Waals surface area contributed by atoms with Crippen molar-refractivity contribution in [2.45, 2.75) is 20.3 Å². The van der Waals surface area contributed by atoms with Crippen LogP contribution in [0.4, 0.5) is 0 Å². The second-order valence-corrected chi connectivity index (χ2v) is 5.12. The Morgan fingerprint density at radius 1 is 1.40 bits per heavy atom. The fourth-order valence-corrected chi connectivity index (χ4v) is 1.86. The summed E-state index contributed by atoms with van der Waals surface area (Å²) in [6, 6.07) is 6.94. The van der Waals surface area contributed by atoms with Crippen molar-refractivity contribution in [3.05, 3.63) is 29.8 Å². The van der Waals surface area contributed by atoms with Crippen LogP contribution in [-0.4, -0.2) is 37.6 Å². The van der Waals surface area contributed by atoms with Gasteiger partial charge in [-0.15, -0.1) is 0 Å². The van der Waals surface area contributed by atoms with E-state index < -0.39 is 0 Å². The highest BCUT2D eigenvalue weighted by molar-refractivity contribution is 5.93. The summed E-state index contributed by atoms with van der Waals surface area (Å²) in [6.07, 6.45) is 1.19. The molecule has 0 heterocycles. The van der Waals surface area contributed by atoms with Crippen LogP contribution in [0.1, 0.15) is 30.6 Å². The van der Waals surface area contributed by atoms with E-state index in [1.807, 2.05) is 0 Å². The molecule has 0 aromatic heterocycles. The minimum Gasteiger partial charge on any atom is -0.492 e. The zero-order valence-corrected chi connectivity index (χ0v) is 12.6. The lowest BCUT2D eigenvalue weighted by Gasteiger charge is -2.20. The molecule has 0 bridgehead atoms. The van der Waals surface area contributed by atoms with Crippen molar-refractivity contribution in [2.75, 3.05) is 26.7 Å². The Hall–Kier alpha value is -1.59. The number of hydrazine groups is 1. The average molecular weight is 279 g/mol. The quantitative estimate of drug-likeness (QED) is 0.431. The molecule has 5 nitrogen and oxygen atoms in total. The molecular formula is C15H25N3O2. The predicted octanol–water partition coefficient (Wildman–Crippen LogP) is 1.65. The monoisotopic (exact) mass is 279 g/mol. The van der Waals surface area contributed by atoms with Gasteiger partial charge in [0.2, 0.25) is 0 Å². The van der Waals surface area contributed by atoms with Gasteiger partial charge in [0.1, 0.15) is 12.4 Å². The van der Waals surface area contributed by atoms with Crippen LogP contribution in [0.3, 0.4) is 0 Å². The number of rotatable bonds is 8. The van der Waals surface area contributed by atoms with E-state index in [1.165, 1.54) is 6.42 Å². The standard InChI is InChI=1S/C15H25N3O2/c1-4-12(2)11-18(3)9-10-20-14-7-5-13(6-8-14)15(19)17-16/h5-8,12H,4,9-11,16H2,1-3H3,(H,17,19). The minimum absolute atomic E-state index is 0.301. The van der Waals surface area contributed by atoms with Gasteiger partial charge in [0.15, 0.2) is 0 Å². The van der Waals surface area contributed by atoms with Gasteiger partial charge in [-0.1, -0.05) is 20.3 Å². The number of hydrogen-bond acceptors (Lipinski definition) is 4. The molecule has 1 amide bonds. The Balaban J connectivity index is 2.33. The Labute approximate surface area is 121 Å². The van der Waals surface area contributed by atoms with Gasteiger partial charge in [-0.3, -0.25) is 10.2 Å². The summed E-state index contributed by atoms with van der Waals surface area (Å²) in [7, 11) is 2.10. The number of nitrogens with one attached hydrogen (secondary N) is 1. The SMILES string of the molecule is CCC(C)CN(C)CCOc1ccc(C(=O)NN)cc1. The summed E-state index contributed by atoms with van der Waals surface area (Å²) in [5.74, 6) is 6.23. The number of ether oxygens (including phenoxy) is 1. The van der Waals surface area contributed by atoms with Crippen LogP contribution in [0.2, 0.25) is 0 Å². The summed E-state index contributed by atoms with van der Waals surface area (Å²) < 4.78 is 5.66. The molecule has 0 fully saturated rings. The van der Waals surface area contributed by atoms with E-state index in [0.29, 0.717) is 18.1 Å². The third-order valence-electron chi connectivity index (χ3n) is 3.31. The van der Waals surface area contributed by atoms with Gasteiger partial charge in [-0.05, 0) is 37.2 Å². The fourth-order valence-electron chi connectivity index (χ4n) is 1.86. The molecule has 1 unspecified atom stereocenters. The van der Waals surface area contributed by atoms with Gasteiger partial charge in [0.25, 0.3) is 5.91 Å². The lowest BCUT2D eigenvalue weighted by molar-refractivity contribution is 0.0953. The van der Waals surface area contributed by atoms with Gasteiger partial charge >= 0.3 is 0 Å². The molecule has 1 atom stereocenters. The molecule has 0 saturated heterocycles. The van der Waals surface area contributed by atoms with Crippen LogP contribution in [-0.2, 0) is 0 Å². The lowest BCUT2D eigenvalue weighted by atomic mass is 10.1. The molecule has 1 rings (SSSR count). The van der Waals surface area contributed by atoms with E-state index in [0.717, 1.165) is 18.8 Å². The number of likely N-dealkylation sites (N-methyl/N-ethyl adjacent to an activating group) is 1. The van der Waals surface area contributed by atoms with Gasteiger partial charge in [0.05, 0.1) is 0 Å². The number of nitrogens with zero attached hydrogens (tertiary/aromatic N) is 1. The maximum atomic E-state index is 11.3. The maximum absolute atomic E-state index is 11.3. The second-order valence-electron chi connectivity index (χ2n) is 5.12. The van der Waals surface area contributed by atoms with Crippen LogP contribution >= 0.6 is 0 Å². The number of carbonyl (C=O) groups excluding carboxylic acids is 1. The molecule has 0 saturated carbocycles. The van der Waals surface area contributed by atoms with E-state index in [-0.39, 0.29) is 5.91 Å². The summed E-state index contributed by atoms with van der Waals surface area (Å²) in [6.45, 7) is 7.05. The normalized spacial score (nSPS) is 12.2. The van der Waals surface area contributed by atoms with Crippen molar-refractivity contribution in [3.8, 4) is 5.75 Å². The van der Waals surface area contributed by atoms with Gasteiger partial charge in [-0.2, -0.15) is 0 Å². The summed E-state index contributed by atoms with van der Waals surface area (Å²) in [5, 5.41) is 0. The number of carbonyl (C=O) groups is 1. The zero-order chi connectivity index (χ0) is 15.0. The highest BCUT2D eigenvalue weighted by Gasteiger charge is 2.05. The third kappa shape index (κ3) is 5.59. The van der Waals surface area contributed by atoms with Crippen molar-refractivity contribution in [1.29, 1.82) is 0 Å². The molecule has 3 N–H and O–H groups in total. The first-order chi connectivity index (χ1) is 9.56. The van der Waals surface area contributed by atoms with E-state index in [2.05, 4.69) is 31.2 Å². The summed E-state index contributed by atoms with van der Waals surface area (Å²) in [5.41, 5.74) is 2.62. The van der Waals surface area contributed by atoms with E-state index in [4.69, 9.17) is 10.6 Å². The molecular weight excluding hydrogens is 254 g/mol. The number of amides is 1. The van der Waals surface area contributed by atoms with Crippen LogP contribution in [0.5, 0.6) is 5.75 Å². The highest BCUT2D eigenvalue weighted by atomic mass is 16.5. The van der Waals surface area contributed by atoms with Crippen molar-refractivity contribution in [3.63, 3.8) is 0 Å². The average Bonchev–Trinajstić information content (AvgIpc) is 2.47. The fraction of sp³-hybridized carbons (Fsp3) is 0.533. The molecule has 0 aliphatic carbocycles. The molecule has 0 spiro atoms. The molecule has 20 heavy (non-hydrogen) atoms. The number of benzene rings is 1. The smallest absolute Gasteiger partial charge is 0.265 e. The number of nitrogen functional groups attached to an aromatic ring is 1. The minimum atomic E-state index is -0.301. The van der Waals surface area contributed by atoms with Gasteiger partial charge < -0.3 is 9.64 Å². The Morgan fingerprint density at radius 3 is 2.60 bits per heavy atom. The van der Waals surface area contributed by atoms with E-state index in [1.54, 1.807) is 24.3 Å². The second kappa shape index (κ2) is 8.55. The van der Waals surface area contributed by atoms with Crippen LogP contribution in [0.25, 0.3) is 0 Å². The Morgan fingerprint density at radius 2 is 2.05 bits per heavy atom. The van der Waals surface area contributed by atoms with Crippen LogP contribution in [0.15, 0.2) is 24.3 Å². The van der Waals surface area contributed by atoms with Crippen molar-refractivity contribution >= 4 is 5.91 Å². The number of hydrogen-bond donors (Lipinski definition) is 2. The lowest BCUT2D eigenvalue weighted by Crippen LogP contribution is -2.30. The Kier molecular flexibility index (Phi) is 7.04. The van der Waals surface area contributed by atoms with Crippen LogP contribution < -0.4 is 16.0 Å². The van der Waals surface area contributed by atoms with Crippen LogP contribution in [0, 0.1) is 5.92 Å². The zero-order valence-electron chi connectivity index (χ0n) is 12.6. The first-order valence-electron chi connectivity index (χ1n) is 6.99. The molecule has 1 aromatic carbocycles. The molecule has 0 radical (unpaired) electrons. The van der Waals surface area contributed by atoms with Crippen molar-refractivity contribution in [2.24, 2.45) is 11.8 Å². The highest BCUT2D eigenvalue weighted by Crippen LogP contribution is 2.12. The van der Waals surface area contributed by atoms with Crippen molar-refractivity contribution in [1.82, 2.24) is 10.3 Å². The van der Waals surface area contributed by atoms with Gasteiger partial charge in [-0.25, -0.2) is 5.84 Å². The van der Waals surface area contributed by atoms with E-state index >= 15 is 0 Å².